The molecule has 1 heterocycles. The molecule has 1 aliphatic rings. The fourth-order valence-electron chi connectivity index (χ4n) is 3.33. The fraction of sp³-hybridized carbons (Fsp3) is 0.409. The average Bonchev–Trinajstić information content (AvgIpc) is 2.78. The number of morpholine rings is 1. The van der Waals surface area contributed by atoms with E-state index in [-0.39, 0.29) is 23.1 Å². The first-order chi connectivity index (χ1) is 14.9. The van der Waals surface area contributed by atoms with Crippen molar-refractivity contribution >= 4 is 21.6 Å². The molecule has 31 heavy (non-hydrogen) atoms. The summed E-state index contributed by atoms with van der Waals surface area (Å²) in [7, 11) is -2.67. The van der Waals surface area contributed by atoms with Gasteiger partial charge >= 0.3 is 0 Å². The molecule has 2 aromatic rings. The minimum atomic E-state index is -4.09. The Kier molecular flexibility index (Phi) is 7.40. The summed E-state index contributed by atoms with van der Waals surface area (Å²) in [6.45, 7) is 5.59. The molecule has 8 nitrogen and oxygen atoms in total. The number of ether oxygens (including phenoxy) is 3. The SMILES string of the molecule is CCOc1ccc(N(CC(=O)N2CCOCC2)S(=O)(=O)c2cc(C)ccc2OC)cc1. The summed E-state index contributed by atoms with van der Waals surface area (Å²) in [5.74, 6) is 0.559. The molecule has 0 radical (unpaired) electrons. The van der Waals surface area contributed by atoms with Gasteiger partial charge in [-0.05, 0) is 55.8 Å². The number of carbonyl (C=O) groups excluding carboxylic acids is 1. The summed E-state index contributed by atoms with van der Waals surface area (Å²) in [5, 5.41) is 0. The van der Waals surface area contributed by atoms with Crippen molar-refractivity contribution in [1.82, 2.24) is 4.90 Å². The van der Waals surface area contributed by atoms with Crippen LogP contribution in [0.15, 0.2) is 47.4 Å². The van der Waals surface area contributed by atoms with Crippen LogP contribution < -0.4 is 13.8 Å². The van der Waals surface area contributed by atoms with Crippen LogP contribution in [0.3, 0.4) is 0 Å². The number of rotatable bonds is 8. The summed E-state index contributed by atoms with van der Waals surface area (Å²) in [5.41, 5.74) is 1.14. The minimum absolute atomic E-state index is 0.0127. The van der Waals surface area contributed by atoms with Gasteiger partial charge in [0.15, 0.2) is 0 Å². The maximum atomic E-state index is 13.7. The van der Waals surface area contributed by atoms with Gasteiger partial charge in [0.05, 0.1) is 32.6 Å². The maximum absolute atomic E-state index is 13.7. The molecule has 3 rings (SSSR count). The van der Waals surface area contributed by atoms with Crippen molar-refractivity contribution in [3.05, 3.63) is 48.0 Å². The van der Waals surface area contributed by atoms with Gasteiger partial charge < -0.3 is 19.1 Å². The monoisotopic (exact) mass is 448 g/mol. The Morgan fingerprint density at radius 2 is 1.81 bits per heavy atom. The van der Waals surface area contributed by atoms with Gasteiger partial charge in [-0.25, -0.2) is 8.42 Å². The number of amides is 1. The zero-order chi connectivity index (χ0) is 22.4. The minimum Gasteiger partial charge on any atom is -0.495 e. The molecule has 0 N–H and O–H groups in total. The average molecular weight is 449 g/mol. The van der Waals surface area contributed by atoms with Crippen molar-refractivity contribution in [1.29, 1.82) is 0 Å². The summed E-state index contributed by atoms with van der Waals surface area (Å²) >= 11 is 0. The number of hydrogen-bond donors (Lipinski definition) is 0. The predicted octanol–water partition coefficient (Wildman–Crippen LogP) is 2.46. The molecule has 9 heteroatoms. The number of carbonyl (C=O) groups is 1. The van der Waals surface area contributed by atoms with Gasteiger partial charge in [0, 0.05) is 13.1 Å². The van der Waals surface area contributed by atoms with E-state index in [0.29, 0.717) is 44.3 Å². The van der Waals surface area contributed by atoms with Crippen LogP contribution in [-0.4, -0.2) is 65.8 Å². The predicted molar refractivity (Wildman–Crippen MR) is 117 cm³/mol. The number of nitrogens with zero attached hydrogens (tertiary/aromatic N) is 2. The highest BCUT2D eigenvalue weighted by molar-refractivity contribution is 7.93. The van der Waals surface area contributed by atoms with E-state index in [9.17, 15) is 13.2 Å². The normalized spacial score (nSPS) is 14.2. The van der Waals surface area contributed by atoms with Crippen molar-refractivity contribution in [3.63, 3.8) is 0 Å². The molecule has 0 aromatic heterocycles. The zero-order valence-corrected chi connectivity index (χ0v) is 18.9. The fourth-order valence-corrected chi connectivity index (χ4v) is 4.99. The van der Waals surface area contributed by atoms with Crippen molar-refractivity contribution in [3.8, 4) is 11.5 Å². The second-order valence-corrected chi connectivity index (χ2v) is 8.92. The van der Waals surface area contributed by atoms with Crippen LogP contribution in [0.25, 0.3) is 0 Å². The lowest BCUT2D eigenvalue weighted by Crippen LogP contribution is -2.47. The smallest absolute Gasteiger partial charge is 0.268 e. The van der Waals surface area contributed by atoms with E-state index in [1.807, 2.05) is 6.92 Å². The molecule has 0 atom stereocenters. The molecule has 1 amide bonds. The van der Waals surface area contributed by atoms with E-state index in [1.165, 1.54) is 7.11 Å². The number of aryl methyl sites for hydroxylation is 1. The molecule has 1 saturated heterocycles. The highest BCUT2D eigenvalue weighted by atomic mass is 32.2. The first-order valence-corrected chi connectivity index (χ1v) is 11.6. The van der Waals surface area contributed by atoms with Crippen molar-refractivity contribution in [2.45, 2.75) is 18.7 Å². The molecular weight excluding hydrogens is 420 g/mol. The highest BCUT2D eigenvalue weighted by Crippen LogP contribution is 2.31. The number of benzene rings is 2. The van der Waals surface area contributed by atoms with Crippen LogP contribution in [0.4, 0.5) is 5.69 Å². The van der Waals surface area contributed by atoms with Crippen LogP contribution in [0.5, 0.6) is 11.5 Å². The number of sulfonamides is 1. The summed E-state index contributed by atoms with van der Waals surface area (Å²) < 4.78 is 44.6. The molecule has 0 unspecified atom stereocenters. The first-order valence-electron chi connectivity index (χ1n) is 10.1. The largest absolute Gasteiger partial charge is 0.495 e. The van der Waals surface area contributed by atoms with Gasteiger partial charge in [0.1, 0.15) is 22.9 Å². The molecule has 0 saturated carbocycles. The topological polar surface area (TPSA) is 85.4 Å². The van der Waals surface area contributed by atoms with Crippen molar-refractivity contribution in [2.75, 3.05) is 50.9 Å². The van der Waals surface area contributed by atoms with E-state index in [1.54, 1.807) is 54.3 Å². The van der Waals surface area contributed by atoms with Crippen LogP contribution in [0, 0.1) is 6.92 Å². The van der Waals surface area contributed by atoms with Crippen LogP contribution in [0.1, 0.15) is 12.5 Å². The van der Waals surface area contributed by atoms with Gasteiger partial charge in [-0.2, -0.15) is 0 Å². The maximum Gasteiger partial charge on any atom is 0.268 e. The first kappa shape index (κ1) is 22.9. The van der Waals surface area contributed by atoms with Gasteiger partial charge in [-0.1, -0.05) is 6.07 Å². The van der Waals surface area contributed by atoms with Gasteiger partial charge in [0.25, 0.3) is 10.0 Å². The van der Waals surface area contributed by atoms with Gasteiger partial charge in [0.2, 0.25) is 5.91 Å². The lowest BCUT2D eigenvalue weighted by atomic mass is 10.2. The zero-order valence-electron chi connectivity index (χ0n) is 18.0. The molecule has 0 bridgehead atoms. The third kappa shape index (κ3) is 5.29. The number of hydrogen-bond acceptors (Lipinski definition) is 6. The Bertz CT molecular complexity index is 1000. The summed E-state index contributed by atoms with van der Waals surface area (Å²) in [6, 6.07) is 11.6. The lowest BCUT2D eigenvalue weighted by molar-refractivity contribution is -0.133. The summed E-state index contributed by atoms with van der Waals surface area (Å²) in [4.78, 5) is 14.6. The van der Waals surface area contributed by atoms with Crippen molar-refractivity contribution < 1.29 is 27.4 Å². The number of anilines is 1. The Hall–Kier alpha value is -2.78. The van der Waals surface area contributed by atoms with E-state index in [2.05, 4.69) is 0 Å². The van der Waals surface area contributed by atoms with E-state index in [4.69, 9.17) is 14.2 Å². The Labute approximate surface area is 183 Å². The Morgan fingerprint density at radius 3 is 2.42 bits per heavy atom. The third-order valence-electron chi connectivity index (χ3n) is 4.97. The molecular formula is C22H28N2O6S. The van der Waals surface area contributed by atoms with Crippen LogP contribution >= 0.6 is 0 Å². The Balaban J connectivity index is 2.02. The van der Waals surface area contributed by atoms with E-state index < -0.39 is 10.0 Å². The van der Waals surface area contributed by atoms with Crippen LogP contribution in [-0.2, 0) is 19.6 Å². The van der Waals surface area contributed by atoms with E-state index in [0.717, 1.165) is 9.87 Å². The third-order valence-corrected chi connectivity index (χ3v) is 6.76. The molecule has 168 valence electrons. The second-order valence-electron chi connectivity index (χ2n) is 7.09. The molecule has 1 fully saturated rings. The highest BCUT2D eigenvalue weighted by Gasteiger charge is 2.32. The second kappa shape index (κ2) is 10.0. The molecule has 2 aromatic carbocycles. The number of methoxy groups -OCH3 is 1. The lowest BCUT2D eigenvalue weighted by Gasteiger charge is -2.31. The summed E-state index contributed by atoms with van der Waals surface area (Å²) in [6.07, 6.45) is 0. The Morgan fingerprint density at radius 1 is 1.13 bits per heavy atom. The quantitative estimate of drug-likeness (QED) is 0.617. The van der Waals surface area contributed by atoms with Crippen LogP contribution in [0.2, 0.25) is 0 Å². The van der Waals surface area contributed by atoms with Crippen molar-refractivity contribution in [2.24, 2.45) is 0 Å². The molecule has 1 aliphatic heterocycles. The molecule has 0 aliphatic carbocycles. The van der Waals surface area contributed by atoms with E-state index >= 15 is 0 Å². The molecule has 0 spiro atoms. The van der Waals surface area contributed by atoms with Gasteiger partial charge in [-0.3, -0.25) is 9.10 Å². The van der Waals surface area contributed by atoms with Gasteiger partial charge in [-0.15, -0.1) is 0 Å². The standard InChI is InChI=1S/C22H28N2O6S/c1-4-30-19-8-6-18(7-9-19)24(16-22(25)23-11-13-29-14-12-23)31(26,27)21-15-17(2)5-10-20(21)28-3/h5-10,15H,4,11-14,16H2,1-3H3.